The molecule has 5 nitrogen and oxygen atoms in total. The zero-order chi connectivity index (χ0) is 36.9. The minimum Gasteiger partial charge on any atom is -0.458 e. The van der Waals surface area contributed by atoms with E-state index in [0.717, 1.165) is 34.2 Å². The Morgan fingerprint density at radius 3 is 2.13 bits per heavy atom. The van der Waals surface area contributed by atoms with Crippen LogP contribution in [0.15, 0.2) is 127 Å². The molecule has 4 heterocycles. The SMILES string of the molecule is CSN1c2cc3c(cc2B2c4cc([B]c5ccccc5C)c(C)cc4Oc4cc(Nc5ccccc5)cc1c42)B1c2ccccc2Nc2cc(C)cc(c21)N3. The van der Waals surface area contributed by atoms with Crippen LogP contribution in [0.25, 0.3) is 0 Å². The third kappa shape index (κ3) is 5.06. The first-order valence-corrected chi connectivity index (χ1v) is 20.1. The number of aryl methyl sites for hydroxylation is 3. The van der Waals surface area contributed by atoms with Crippen molar-refractivity contribution in [2.45, 2.75) is 20.8 Å². The third-order valence-electron chi connectivity index (χ3n) is 11.8. The Morgan fingerprint density at radius 1 is 0.564 bits per heavy atom. The van der Waals surface area contributed by atoms with Gasteiger partial charge in [0.2, 0.25) is 0 Å². The smallest absolute Gasteiger partial charge is 0.256 e. The predicted molar refractivity (Wildman–Crippen MR) is 239 cm³/mol. The van der Waals surface area contributed by atoms with Crippen molar-refractivity contribution in [3.8, 4) is 11.5 Å². The van der Waals surface area contributed by atoms with Gasteiger partial charge in [-0.1, -0.05) is 94.8 Å². The molecule has 55 heavy (non-hydrogen) atoms. The number of para-hydroxylation sites is 2. The van der Waals surface area contributed by atoms with Crippen LogP contribution in [0.5, 0.6) is 11.5 Å². The van der Waals surface area contributed by atoms with Gasteiger partial charge in [0.25, 0.3) is 13.4 Å². The summed E-state index contributed by atoms with van der Waals surface area (Å²) in [6.07, 6.45) is 2.17. The minimum absolute atomic E-state index is 0.0382. The van der Waals surface area contributed by atoms with Crippen LogP contribution in [-0.4, -0.2) is 27.0 Å². The Labute approximate surface area is 328 Å². The zero-order valence-electron chi connectivity index (χ0n) is 31.1. The third-order valence-corrected chi connectivity index (χ3v) is 12.5. The fraction of sp³-hybridized carbons (Fsp3) is 0.0870. The highest BCUT2D eigenvalue weighted by Crippen LogP contribution is 2.43. The highest BCUT2D eigenvalue weighted by atomic mass is 32.2. The number of anilines is 8. The molecule has 0 saturated carbocycles. The molecule has 7 aromatic rings. The summed E-state index contributed by atoms with van der Waals surface area (Å²) >= 11 is 1.74. The highest BCUT2D eigenvalue weighted by molar-refractivity contribution is 8.00. The lowest BCUT2D eigenvalue weighted by Gasteiger charge is -2.41. The molecule has 9 heteroatoms. The Balaban J connectivity index is 1.15. The van der Waals surface area contributed by atoms with Gasteiger partial charge in [0.05, 0.1) is 5.69 Å². The molecule has 1 radical (unpaired) electrons. The number of rotatable bonds is 5. The fourth-order valence-corrected chi connectivity index (χ4v) is 9.97. The van der Waals surface area contributed by atoms with Crippen LogP contribution in [0.3, 0.4) is 0 Å². The molecule has 11 rings (SSSR count). The number of nitrogens with one attached hydrogen (secondary N) is 3. The summed E-state index contributed by atoms with van der Waals surface area (Å²) < 4.78 is 9.40. The van der Waals surface area contributed by atoms with Crippen molar-refractivity contribution in [2.75, 3.05) is 26.5 Å². The standard InChI is InChI=1S/C46H36B3N4OS/c1-26-18-39-45-40(19-26)52-38-25-41-35(24-34(38)48(45)33-16-10-11-17-37(33)51-39)49-36-23-32(47-31-15-9-8-12-27(31)2)28(3)20-43(36)54-44-22-30(50-29-13-6-5-7-14-29)21-42(46(44)49)53(41)55-4/h5-25,50-52H,1-4H3. The van der Waals surface area contributed by atoms with E-state index in [1.807, 2.05) is 6.07 Å². The van der Waals surface area contributed by atoms with Gasteiger partial charge < -0.3 is 20.7 Å². The highest BCUT2D eigenvalue weighted by Gasteiger charge is 2.45. The number of hydrogen-bond donors (Lipinski definition) is 3. The van der Waals surface area contributed by atoms with Crippen LogP contribution < -0.4 is 68.7 Å². The van der Waals surface area contributed by atoms with Gasteiger partial charge in [-0.05, 0) is 120 Å². The van der Waals surface area contributed by atoms with E-state index in [1.54, 1.807) is 11.9 Å². The average Bonchev–Trinajstić information content (AvgIpc) is 3.18. The second kappa shape index (κ2) is 12.3. The van der Waals surface area contributed by atoms with E-state index in [1.165, 1.54) is 83.1 Å². The van der Waals surface area contributed by atoms with Crippen molar-refractivity contribution in [1.29, 1.82) is 0 Å². The molecule has 0 aliphatic carbocycles. The lowest BCUT2D eigenvalue weighted by Crippen LogP contribution is -2.63. The molecule has 3 N–H and O–H groups in total. The van der Waals surface area contributed by atoms with Gasteiger partial charge in [-0.15, -0.1) is 0 Å². The van der Waals surface area contributed by atoms with Crippen LogP contribution in [0, 0.1) is 20.8 Å². The molecule has 4 aliphatic rings. The van der Waals surface area contributed by atoms with E-state index in [4.69, 9.17) is 4.74 Å². The van der Waals surface area contributed by atoms with Gasteiger partial charge in [-0.2, -0.15) is 0 Å². The maximum Gasteiger partial charge on any atom is 0.256 e. The topological polar surface area (TPSA) is 48.6 Å². The number of nitrogens with zero attached hydrogens (tertiary/aromatic N) is 1. The van der Waals surface area contributed by atoms with Gasteiger partial charge in [-0.25, -0.2) is 0 Å². The molecule has 261 valence electrons. The summed E-state index contributed by atoms with van der Waals surface area (Å²) in [4.78, 5) is 0. The number of benzene rings is 7. The molecule has 0 unspecified atom stereocenters. The van der Waals surface area contributed by atoms with Gasteiger partial charge >= 0.3 is 0 Å². The van der Waals surface area contributed by atoms with Gasteiger partial charge in [0.1, 0.15) is 11.5 Å². The maximum absolute atomic E-state index is 6.99. The molecule has 0 spiro atoms. The summed E-state index contributed by atoms with van der Waals surface area (Å²) in [6, 6.07) is 46.4. The Bertz CT molecular complexity index is 2760. The van der Waals surface area contributed by atoms with Gasteiger partial charge in [0.15, 0.2) is 7.28 Å². The summed E-state index contributed by atoms with van der Waals surface area (Å²) in [6.45, 7) is 6.61. The number of fused-ring (bicyclic) bond motifs is 8. The number of ether oxygens (including phenoxy) is 1. The number of hydrogen-bond acceptors (Lipinski definition) is 6. The van der Waals surface area contributed by atoms with Gasteiger partial charge in [-0.3, -0.25) is 4.31 Å². The van der Waals surface area contributed by atoms with Crippen molar-refractivity contribution in [3.63, 3.8) is 0 Å². The van der Waals surface area contributed by atoms with Crippen LogP contribution in [0.1, 0.15) is 16.7 Å². The lowest BCUT2D eigenvalue weighted by molar-refractivity contribution is 0.487. The molecule has 7 aromatic carbocycles. The second-order valence-corrected chi connectivity index (χ2v) is 15.9. The lowest BCUT2D eigenvalue weighted by atomic mass is 9.30. The largest absolute Gasteiger partial charge is 0.458 e. The molecule has 0 saturated heterocycles. The van der Waals surface area contributed by atoms with Crippen molar-refractivity contribution >= 4 is 122 Å². The van der Waals surface area contributed by atoms with Crippen LogP contribution in [-0.2, 0) is 0 Å². The van der Waals surface area contributed by atoms with E-state index in [0.29, 0.717) is 0 Å². The Hall–Kier alpha value is -5.92. The molecule has 0 amide bonds. The molecule has 0 aromatic heterocycles. The second-order valence-electron chi connectivity index (χ2n) is 15.2. The van der Waals surface area contributed by atoms with E-state index in [2.05, 4.69) is 176 Å². The molecule has 4 aliphatic heterocycles. The Kier molecular flexibility index (Phi) is 7.27. The fourth-order valence-electron chi connectivity index (χ4n) is 9.26. The molecule has 0 atom stereocenters. The summed E-state index contributed by atoms with van der Waals surface area (Å²) in [7, 11) is 2.33. The van der Waals surface area contributed by atoms with Crippen molar-refractivity contribution in [2.24, 2.45) is 0 Å². The monoisotopic (exact) mass is 725 g/mol. The van der Waals surface area contributed by atoms with Gasteiger partial charge in [0, 0.05) is 52.1 Å². The van der Waals surface area contributed by atoms with E-state index in [9.17, 15) is 0 Å². The van der Waals surface area contributed by atoms with Crippen LogP contribution >= 0.6 is 11.9 Å². The average molecular weight is 725 g/mol. The summed E-state index contributed by atoms with van der Waals surface area (Å²) in [5.74, 6) is 1.80. The zero-order valence-corrected chi connectivity index (χ0v) is 31.9. The van der Waals surface area contributed by atoms with E-state index >= 15 is 0 Å². The maximum atomic E-state index is 6.99. The normalized spacial score (nSPS) is 13.5. The van der Waals surface area contributed by atoms with Crippen molar-refractivity contribution in [1.82, 2.24) is 0 Å². The first kappa shape index (κ1) is 32.5. The molecular weight excluding hydrogens is 689 g/mol. The van der Waals surface area contributed by atoms with Crippen molar-refractivity contribution in [3.05, 3.63) is 144 Å². The summed E-state index contributed by atoms with van der Waals surface area (Å²) in [5.41, 5.74) is 22.7. The minimum atomic E-state index is -0.0382. The molecule has 0 bridgehead atoms. The first-order valence-electron chi connectivity index (χ1n) is 18.9. The summed E-state index contributed by atoms with van der Waals surface area (Å²) in [5, 5.41) is 11.4. The van der Waals surface area contributed by atoms with Crippen LogP contribution in [0.2, 0.25) is 0 Å². The Morgan fingerprint density at radius 2 is 1.31 bits per heavy atom. The predicted octanol–water partition coefficient (Wildman–Crippen LogP) is 5.99. The molecular formula is C46H36B3N4OS. The van der Waals surface area contributed by atoms with E-state index in [-0.39, 0.29) is 13.4 Å². The van der Waals surface area contributed by atoms with Crippen LogP contribution in [0.4, 0.5) is 45.5 Å². The first-order chi connectivity index (χ1) is 26.9. The molecule has 0 fully saturated rings. The quantitative estimate of drug-likeness (QED) is 0.150. The van der Waals surface area contributed by atoms with Crippen molar-refractivity contribution < 1.29 is 4.74 Å². The van der Waals surface area contributed by atoms with E-state index < -0.39 is 0 Å².